The second-order valence-corrected chi connectivity index (χ2v) is 4.80. The predicted molar refractivity (Wildman–Crippen MR) is 86.7 cm³/mol. The number of pyridine rings is 1. The number of anilines is 1. The van der Waals surface area contributed by atoms with Crippen LogP contribution in [0.25, 0.3) is 0 Å². The Hall–Kier alpha value is -4.17. The van der Waals surface area contributed by atoms with Crippen LogP contribution in [0.15, 0.2) is 48.8 Å². The zero-order valence-corrected chi connectivity index (χ0v) is 12.7. The van der Waals surface area contributed by atoms with E-state index in [4.69, 9.17) is 15.3 Å². The number of hydrogen-bond acceptors (Lipinski definition) is 6. The summed E-state index contributed by atoms with van der Waals surface area (Å²) in [6, 6.07) is 13.5. The van der Waals surface area contributed by atoms with Crippen molar-refractivity contribution in [2.24, 2.45) is 0 Å². The Labute approximate surface area is 142 Å². The van der Waals surface area contributed by atoms with Crippen LogP contribution < -0.4 is 10.1 Å². The third kappa shape index (κ3) is 3.60. The monoisotopic (exact) mass is 330 g/mol. The van der Waals surface area contributed by atoms with Gasteiger partial charge >= 0.3 is 0 Å². The van der Waals surface area contributed by atoms with Crippen molar-refractivity contribution in [1.82, 2.24) is 15.0 Å². The van der Waals surface area contributed by atoms with Gasteiger partial charge < -0.3 is 9.72 Å². The topological polar surface area (TPSA) is 127 Å². The predicted octanol–water partition coefficient (Wildman–Crippen LogP) is 2.59. The van der Waals surface area contributed by atoms with E-state index in [1.165, 1.54) is 0 Å². The summed E-state index contributed by atoms with van der Waals surface area (Å²) in [5, 5.41) is 20.2. The molecule has 0 atom stereocenters. The number of amides is 1. The number of rotatable bonds is 4. The molecule has 2 aromatic heterocycles. The van der Waals surface area contributed by atoms with E-state index in [-0.39, 0.29) is 17.3 Å². The van der Waals surface area contributed by atoms with Gasteiger partial charge in [-0.3, -0.25) is 15.1 Å². The molecule has 0 fully saturated rings. The van der Waals surface area contributed by atoms with E-state index in [0.717, 1.165) is 0 Å². The number of H-pyrrole nitrogens is 1. The first kappa shape index (κ1) is 15.7. The smallest absolute Gasteiger partial charge is 0.257 e. The molecular formula is C17H10N6O2. The van der Waals surface area contributed by atoms with E-state index in [2.05, 4.69) is 20.3 Å². The molecule has 2 heterocycles. The van der Waals surface area contributed by atoms with Gasteiger partial charge in [-0.1, -0.05) is 0 Å². The van der Waals surface area contributed by atoms with Crippen LogP contribution in [-0.2, 0) is 0 Å². The van der Waals surface area contributed by atoms with E-state index in [0.29, 0.717) is 17.1 Å². The Morgan fingerprint density at radius 3 is 2.52 bits per heavy atom. The first-order valence-electron chi connectivity index (χ1n) is 7.09. The Bertz CT molecular complexity index is 949. The number of imidazole rings is 1. The second-order valence-electron chi connectivity index (χ2n) is 4.80. The van der Waals surface area contributed by atoms with Crippen LogP contribution >= 0.6 is 0 Å². The Balaban J connectivity index is 1.70. The van der Waals surface area contributed by atoms with Crippen molar-refractivity contribution in [3.63, 3.8) is 0 Å². The maximum Gasteiger partial charge on any atom is 0.257 e. The molecule has 25 heavy (non-hydrogen) atoms. The van der Waals surface area contributed by atoms with Crippen LogP contribution in [0, 0.1) is 22.7 Å². The van der Waals surface area contributed by atoms with Gasteiger partial charge in [0.2, 0.25) is 5.95 Å². The van der Waals surface area contributed by atoms with Crippen molar-refractivity contribution >= 4 is 11.9 Å². The fraction of sp³-hybridized carbons (Fsp3) is 0. The number of carbonyl (C=O) groups is 1. The van der Waals surface area contributed by atoms with Gasteiger partial charge in [0, 0.05) is 11.8 Å². The molecule has 120 valence electrons. The van der Waals surface area contributed by atoms with Gasteiger partial charge in [0.1, 0.15) is 23.6 Å². The molecule has 1 aromatic carbocycles. The fourth-order valence-corrected chi connectivity index (χ4v) is 1.99. The second kappa shape index (κ2) is 6.94. The number of nitrogens with one attached hydrogen (secondary N) is 2. The van der Waals surface area contributed by atoms with E-state index in [1.54, 1.807) is 60.9 Å². The lowest BCUT2D eigenvalue weighted by Crippen LogP contribution is -2.12. The molecule has 0 saturated carbocycles. The molecule has 0 saturated heterocycles. The lowest BCUT2D eigenvalue weighted by molar-refractivity contribution is 0.102. The molecule has 3 rings (SSSR count). The van der Waals surface area contributed by atoms with Crippen molar-refractivity contribution in [1.29, 1.82) is 10.5 Å². The van der Waals surface area contributed by atoms with E-state index in [9.17, 15) is 4.79 Å². The van der Waals surface area contributed by atoms with Crippen LogP contribution in [0.2, 0.25) is 0 Å². The van der Waals surface area contributed by atoms with Crippen molar-refractivity contribution in [2.45, 2.75) is 0 Å². The highest BCUT2D eigenvalue weighted by Crippen LogP contribution is 2.20. The number of nitriles is 2. The molecule has 2 N–H and O–H groups in total. The lowest BCUT2D eigenvalue weighted by Gasteiger charge is -2.06. The SMILES string of the molecule is N#Cc1nc(NC(=O)c2ccc(Oc3cccnc3)cc2)[nH]c1C#N. The van der Waals surface area contributed by atoms with E-state index in [1.807, 2.05) is 0 Å². The van der Waals surface area contributed by atoms with Crippen molar-refractivity contribution in [2.75, 3.05) is 5.32 Å². The molecule has 8 heteroatoms. The molecule has 3 aromatic rings. The molecule has 0 spiro atoms. The van der Waals surface area contributed by atoms with Crippen molar-refractivity contribution in [3.05, 3.63) is 65.7 Å². The summed E-state index contributed by atoms with van der Waals surface area (Å²) < 4.78 is 5.59. The maximum atomic E-state index is 12.2. The number of nitrogens with zero attached hydrogens (tertiary/aromatic N) is 4. The highest BCUT2D eigenvalue weighted by Gasteiger charge is 2.13. The lowest BCUT2D eigenvalue weighted by atomic mass is 10.2. The van der Waals surface area contributed by atoms with Gasteiger partial charge in [-0.05, 0) is 36.4 Å². The molecule has 1 amide bonds. The maximum absolute atomic E-state index is 12.2. The molecule has 0 unspecified atom stereocenters. The largest absolute Gasteiger partial charge is 0.456 e. The van der Waals surface area contributed by atoms with Crippen LogP contribution in [0.4, 0.5) is 5.95 Å². The van der Waals surface area contributed by atoms with Crippen molar-refractivity contribution < 1.29 is 9.53 Å². The van der Waals surface area contributed by atoms with Crippen LogP contribution in [0.3, 0.4) is 0 Å². The number of hydrogen-bond donors (Lipinski definition) is 2. The summed E-state index contributed by atoms with van der Waals surface area (Å²) in [5.74, 6) is 0.744. The quantitative estimate of drug-likeness (QED) is 0.756. The normalized spacial score (nSPS) is 9.68. The van der Waals surface area contributed by atoms with Gasteiger partial charge in [-0.25, -0.2) is 4.98 Å². The zero-order chi connectivity index (χ0) is 17.6. The third-order valence-electron chi connectivity index (χ3n) is 3.14. The minimum absolute atomic E-state index is 0.00183. The first-order chi connectivity index (χ1) is 12.2. The molecule has 0 aliphatic rings. The number of benzene rings is 1. The number of carbonyl (C=O) groups excluding carboxylic acids is 1. The molecular weight excluding hydrogens is 320 g/mol. The molecule has 0 aliphatic heterocycles. The summed E-state index contributed by atoms with van der Waals surface area (Å²) in [6.45, 7) is 0. The van der Waals surface area contributed by atoms with Crippen LogP contribution in [0.5, 0.6) is 11.5 Å². The molecule has 0 bridgehead atoms. The van der Waals surface area contributed by atoms with Gasteiger partial charge in [0.25, 0.3) is 5.91 Å². The van der Waals surface area contributed by atoms with Gasteiger partial charge in [0.15, 0.2) is 11.4 Å². The third-order valence-corrected chi connectivity index (χ3v) is 3.14. The average molecular weight is 330 g/mol. The highest BCUT2D eigenvalue weighted by molar-refractivity contribution is 6.03. The summed E-state index contributed by atoms with van der Waals surface area (Å²) in [5.41, 5.74) is 0.294. The zero-order valence-electron chi connectivity index (χ0n) is 12.7. The van der Waals surface area contributed by atoms with Gasteiger partial charge in [-0.15, -0.1) is 0 Å². The minimum atomic E-state index is -0.435. The van der Waals surface area contributed by atoms with E-state index < -0.39 is 5.91 Å². The number of ether oxygens (including phenoxy) is 1. The summed E-state index contributed by atoms with van der Waals surface area (Å²) in [6.07, 6.45) is 3.22. The van der Waals surface area contributed by atoms with Gasteiger partial charge in [-0.2, -0.15) is 10.5 Å². The van der Waals surface area contributed by atoms with Crippen LogP contribution in [0.1, 0.15) is 21.7 Å². The summed E-state index contributed by atoms with van der Waals surface area (Å²) in [7, 11) is 0. The standard InChI is InChI=1S/C17H10N6O2/c18-8-14-15(9-19)22-17(21-14)23-16(24)11-3-5-12(6-4-11)25-13-2-1-7-20-10-13/h1-7,10H,(H2,21,22,23,24). The molecule has 8 nitrogen and oxygen atoms in total. The first-order valence-corrected chi connectivity index (χ1v) is 7.09. The number of aromatic amines is 1. The molecule has 0 aliphatic carbocycles. The Morgan fingerprint density at radius 1 is 1.12 bits per heavy atom. The summed E-state index contributed by atoms with van der Waals surface area (Å²) >= 11 is 0. The Kier molecular flexibility index (Phi) is 4.36. The average Bonchev–Trinajstić information content (AvgIpc) is 3.05. The van der Waals surface area contributed by atoms with Gasteiger partial charge in [0.05, 0.1) is 6.20 Å². The molecule has 0 radical (unpaired) electrons. The van der Waals surface area contributed by atoms with Crippen molar-refractivity contribution in [3.8, 4) is 23.6 Å². The Morgan fingerprint density at radius 2 is 1.92 bits per heavy atom. The fourth-order valence-electron chi connectivity index (χ4n) is 1.99. The minimum Gasteiger partial charge on any atom is -0.456 e. The number of aromatic nitrogens is 3. The van der Waals surface area contributed by atoms with Crippen LogP contribution in [-0.4, -0.2) is 20.9 Å². The summed E-state index contributed by atoms with van der Waals surface area (Å²) in [4.78, 5) is 22.5. The van der Waals surface area contributed by atoms with E-state index >= 15 is 0 Å². The highest BCUT2D eigenvalue weighted by atomic mass is 16.5.